The summed E-state index contributed by atoms with van der Waals surface area (Å²) in [7, 11) is 0. The molecule has 0 aromatic heterocycles. The number of hydrogen-bond acceptors (Lipinski definition) is 2. The maximum absolute atomic E-state index is 13.6. The first-order valence-electron chi connectivity index (χ1n) is 5.76. The number of benzene rings is 2. The summed E-state index contributed by atoms with van der Waals surface area (Å²) in [5.74, 6) is -1.80. The number of nitrogens with two attached hydrogens (primary N) is 1. The van der Waals surface area contributed by atoms with Gasteiger partial charge in [0.25, 0.3) is 0 Å². The summed E-state index contributed by atoms with van der Waals surface area (Å²) in [6.45, 7) is 1.85. The Morgan fingerprint density at radius 2 is 1.85 bits per heavy atom. The van der Waals surface area contributed by atoms with Gasteiger partial charge in [0.1, 0.15) is 5.75 Å². The zero-order chi connectivity index (χ0) is 14.9. The monoisotopic (exact) mass is 405 g/mol. The van der Waals surface area contributed by atoms with Crippen molar-refractivity contribution in [1.82, 2.24) is 0 Å². The van der Waals surface area contributed by atoms with E-state index < -0.39 is 11.6 Å². The first kappa shape index (κ1) is 15.4. The number of rotatable bonds is 3. The Morgan fingerprint density at radius 3 is 2.45 bits per heavy atom. The van der Waals surface area contributed by atoms with Gasteiger partial charge >= 0.3 is 0 Å². The molecule has 20 heavy (non-hydrogen) atoms. The molecule has 0 amide bonds. The summed E-state index contributed by atoms with van der Waals surface area (Å²) >= 11 is 6.46. The lowest BCUT2D eigenvalue weighted by molar-refractivity contribution is 0.415. The lowest BCUT2D eigenvalue weighted by Gasteiger charge is -2.12. The van der Waals surface area contributed by atoms with Gasteiger partial charge in [-0.05, 0) is 36.8 Å². The molecule has 0 aliphatic heterocycles. The lowest BCUT2D eigenvalue weighted by Crippen LogP contribution is -2.05. The molecule has 0 heterocycles. The Hall–Kier alpha value is -0.980. The summed E-state index contributed by atoms with van der Waals surface area (Å²) in [5, 5.41) is 0. The van der Waals surface area contributed by atoms with Gasteiger partial charge in [-0.15, -0.1) is 0 Å². The fourth-order valence-corrected chi connectivity index (χ4v) is 2.80. The fourth-order valence-electron chi connectivity index (χ4n) is 1.67. The van der Waals surface area contributed by atoms with Crippen LogP contribution < -0.4 is 10.5 Å². The van der Waals surface area contributed by atoms with Crippen LogP contribution in [0.5, 0.6) is 11.5 Å². The maximum atomic E-state index is 13.6. The average Bonchev–Trinajstić information content (AvgIpc) is 2.35. The molecule has 0 bridgehead atoms. The molecule has 2 rings (SSSR count). The summed E-state index contributed by atoms with van der Waals surface area (Å²) in [5.41, 5.74) is 6.70. The molecule has 0 spiro atoms. The van der Waals surface area contributed by atoms with Crippen molar-refractivity contribution in [2.45, 2.75) is 13.0 Å². The predicted octanol–water partition coefficient (Wildman–Crippen LogP) is 5.30. The quantitative estimate of drug-likeness (QED) is 0.701. The molecule has 2 aromatic rings. The number of ether oxygens (including phenoxy) is 1. The van der Waals surface area contributed by atoms with Crippen molar-refractivity contribution in [3.63, 3.8) is 0 Å². The molecule has 0 aliphatic carbocycles. The molecule has 2 aromatic carbocycles. The van der Waals surface area contributed by atoms with Gasteiger partial charge in [0.2, 0.25) is 5.82 Å². The van der Waals surface area contributed by atoms with Gasteiger partial charge in [-0.2, -0.15) is 4.39 Å². The van der Waals surface area contributed by atoms with Crippen molar-refractivity contribution in [3.8, 4) is 11.5 Å². The van der Waals surface area contributed by atoms with Crippen LogP contribution in [0.15, 0.2) is 39.3 Å². The van der Waals surface area contributed by atoms with Crippen molar-refractivity contribution in [1.29, 1.82) is 0 Å². The van der Waals surface area contributed by atoms with E-state index in [9.17, 15) is 8.78 Å². The molecule has 0 fully saturated rings. The van der Waals surface area contributed by atoms with Crippen molar-refractivity contribution in [2.75, 3.05) is 0 Å². The van der Waals surface area contributed by atoms with E-state index in [1.54, 1.807) is 18.2 Å². The van der Waals surface area contributed by atoms with Crippen LogP contribution >= 0.6 is 31.9 Å². The lowest BCUT2D eigenvalue weighted by atomic mass is 10.1. The van der Waals surface area contributed by atoms with E-state index in [0.29, 0.717) is 10.2 Å². The number of hydrogen-bond donors (Lipinski definition) is 1. The fraction of sp³-hybridized carbons (Fsp3) is 0.143. The van der Waals surface area contributed by atoms with Crippen molar-refractivity contribution >= 4 is 31.9 Å². The maximum Gasteiger partial charge on any atom is 0.201 e. The van der Waals surface area contributed by atoms with Crippen molar-refractivity contribution in [2.24, 2.45) is 5.73 Å². The van der Waals surface area contributed by atoms with Gasteiger partial charge in [0, 0.05) is 15.0 Å². The van der Waals surface area contributed by atoms with Gasteiger partial charge in [0.15, 0.2) is 11.6 Å². The van der Waals surface area contributed by atoms with Crippen LogP contribution in [0, 0.1) is 11.6 Å². The van der Waals surface area contributed by atoms with Crippen LogP contribution in [0.4, 0.5) is 8.78 Å². The molecule has 1 atom stereocenters. The van der Waals surface area contributed by atoms with E-state index in [1.807, 2.05) is 6.92 Å². The Labute approximate surface area is 132 Å². The molecule has 0 unspecified atom stereocenters. The second-order valence-electron chi connectivity index (χ2n) is 4.27. The molecule has 0 saturated heterocycles. The smallest absolute Gasteiger partial charge is 0.201 e. The van der Waals surface area contributed by atoms with Crippen molar-refractivity contribution < 1.29 is 13.5 Å². The van der Waals surface area contributed by atoms with E-state index in [0.717, 1.165) is 16.1 Å². The zero-order valence-electron chi connectivity index (χ0n) is 10.5. The Morgan fingerprint density at radius 1 is 1.15 bits per heavy atom. The Kier molecular flexibility index (Phi) is 4.78. The van der Waals surface area contributed by atoms with E-state index >= 15 is 0 Å². The molecular formula is C14H11Br2F2NO. The third-order valence-corrected chi connectivity index (χ3v) is 3.79. The van der Waals surface area contributed by atoms with Gasteiger partial charge in [-0.1, -0.05) is 37.9 Å². The summed E-state index contributed by atoms with van der Waals surface area (Å²) < 4.78 is 33.4. The van der Waals surface area contributed by atoms with Gasteiger partial charge in [0.05, 0.1) is 0 Å². The second-order valence-corrected chi connectivity index (χ2v) is 6.04. The first-order chi connectivity index (χ1) is 9.38. The van der Waals surface area contributed by atoms with E-state index in [2.05, 4.69) is 31.9 Å². The second kappa shape index (κ2) is 6.20. The molecule has 106 valence electrons. The van der Waals surface area contributed by atoms with Crippen LogP contribution in [-0.2, 0) is 0 Å². The van der Waals surface area contributed by atoms with Gasteiger partial charge < -0.3 is 10.5 Å². The van der Waals surface area contributed by atoms with E-state index in [1.165, 1.54) is 6.07 Å². The highest BCUT2D eigenvalue weighted by Crippen LogP contribution is 2.32. The molecule has 0 aliphatic rings. The van der Waals surface area contributed by atoms with Gasteiger partial charge in [-0.3, -0.25) is 0 Å². The Bertz CT molecular complexity index is 647. The number of halogens is 4. The average molecular weight is 407 g/mol. The van der Waals surface area contributed by atoms with Crippen LogP contribution in [0.1, 0.15) is 18.5 Å². The summed E-state index contributed by atoms with van der Waals surface area (Å²) in [6, 6.07) is 7.36. The van der Waals surface area contributed by atoms with Crippen molar-refractivity contribution in [3.05, 3.63) is 56.5 Å². The van der Waals surface area contributed by atoms with Crippen LogP contribution in [0.2, 0.25) is 0 Å². The van der Waals surface area contributed by atoms with Crippen LogP contribution in [0.25, 0.3) is 0 Å². The van der Waals surface area contributed by atoms with E-state index in [4.69, 9.17) is 10.5 Å². The highest BCUT2D eigenvalue weighted by molar-refractivity contribution is 9.10. The molecule has 6 heteroatoms. The topological polar surface area (TPSA) is 35.2 Å². The van der Waals surface area contributed by atoms with Crippen LogP contribution in [0.3, 0.4) is 0 Å². The largest absolute Gasteiger partial charge is 0.454 e. The van der Waals surface area contributed by atoms with Crippen LogP contribution in [-0.4, -0.2) is 0 Å². The third-order valence-electron chi connectivity index (χ3n) is 2.65. The zero-order valence-corrected chi connectivity index (χ0v) is 13.6. The molecular weight excluding hydrogens is 396 g/mol. The standard InChI is InChI=1S/C14H11Br2F2NO/c1-7(19)10-3-2-9(6-11(10)16)20-13-5-8(15)4-12(17)14(13)18/h2-7H,19H2,1H3/t7-/m0/s1. The summed E-state index contributed by atoms with van der Waals surface area (Å²) in [4.78, 5) is 0. The minimum absolute atomic E-state index is 0.140. The molecule has 0 saturated carbocycles. The highest BCUT2D eigenvalue weighted by atomic mass is 79.9. The minimum Gasteiger partial charge on any atom is -0.454 e. The predicted molar refractivity (Wildman–Crippen MR) is 80.9 cm³/mol. The SMILES string of the molecule is C[C@H](N)c1ccc(Oc2cc(Br)cc(F)c2F)cc1Br. The molecule has 2 N–H and O–H groups in total. The van der Waals surface area contributed by atoms with E-state index in [-0.39, 0.29) is 11.8 Å². The Balaban J connectivity index is 2.33. The third kappa shape index (κ3) is 3.37. The highest BCUT2D eigenvalue weighted by Gasteiger charge is 2.13. The molecule has 2 nitrogen and oxygen atoms in total. The normalized spacial score (nSPS) is 12.3. The van der Waals surface area contributed by atoms with Gasteiger partial charge in [-0.25, -0.2) is 4.39 Å². The summed E-state index contributed by atoms with van der Waals surface area (Å²) in [6.07, 6.45) is 0. The minimum atomic E-state index is -1.03. The molecule has 0 radical (unpaired) electrons. The first-order valence-corrected chi connectivity index (χ1v) is 7.34.